The van der Waals surface area contributed by atoms with Gasteiger partial charge in [0, 0.05) is 5.92 Å². The van der Waals surface area contributed by atoms with E-state index < -0.39 is 36.0 Å². The number of ether oxygens (including phenoxy) is 1. The Balaban J connectivity index is 1.58. The Hall–Kier alpha value is -3.49. The lowest BCUT2D eigenvalue weighted by atomic mass is 9.96. The van der Waals surface area contributed by atoms with Gasteiger partial charge >= 0.3 is 18.0 Å². The van der Waals surface area contributed by atoms with Crippen LogP contribution in [0.15, 0.2) is 48.5 Å². The Morgan fingerprint density at radius 3 is 2.09 bits per heavy atom. The molecule has 2 aromatic rings. The van der Waals surface area contributed by atoms with Gasteiger partial charge in [-0.1, -0.05) is 61.9 Å². The molecule has 0 spiro atoms. The third-order valence-electron chi connectivity index (χ3n) is 5.74. The van der Waals surface area contributed by atoms with Gasteiger partial charge < -0.3 is 20.5 Å². The van der Waals surface area contributed by atoms with Crippen LogP contribution in [0.4, 0.5) is 13.6 Å². The van der Waals surface area contributed by atoms with Crippen molar-refractivity contribution in [1.29, 1.82) is 0 Å². The number of fused-ring (bicyclic) bond motifs is 3. The summed E-state index contributed by atoms with van der Waals surface area (Å²) in [4.78, 5) is 35.5. The van der Waals surface area contributed by atoms with E-state index in [0.29, 0.717) is 6.42 Å². The molecular weight excluding hydrogens is 434 g/mol. The van der Waals surface area contributed by atoms with Crippen molar-refractivity contribution in [2.45, 2.75) is 44.1 Å². The van der Waals surface area contributed by atoms with Crippen LogP contribution in [-0.2, 0) is 14.3 Å². The molecule has 1 aliphatic carbocycles. The lowest BCUT2D eigenvalue weighted by Crippen LogP contribution is -2.58. The van der Waals surface area contributed by atoms with Crippen LogP contribution >= 0.6 is 0 Å². The van der Waals surface area contributed by atoms with Crippen molar-refractivity contribution >= 4 is 18.0 Å². The van der Waals surface area contributed by atoms with Crippen molar-refractivity contribution in [3.05, 3.63) is 59.7 Å². The third kappa shape index (κ3) is 5.13. The van der Waals surface area contributed by atoms with Crippen LogP contribution in [-0.4, -0.2) is 47.7 Å². The lowest BCUT2D eigenvalue weighted by molar-refractivity contribution is -0.155. The van der Waals surface area contributed by atoms with Crippen LogP contribution in [0.1, 0.15) is 43.7 Å². The molecule has 0 radical (unpaired) electrons. The Labute approximate surface area is 190 Å². The number of hydrogen-bond acceptors (Lipinski definition) is 4. The number of hydrogen-bond donors (Lipinski definition) is 3. The molecule has 33 heavy (non-hydrogen) atoms. The van der Waals surface area contributed by atoms with Crippen LogP contribution in [0.2, 0.25) is 0 Å². The summed E-state index contributed by atoms with van der Waals surface area (Å²) in [7, 11) is 0. The molecule has 3 N–H and O–H groups in total. The molecule has 0 saturated carbocycles. The summed E-state index contributed by atoms with van der Waals surface area (Å²) in [5, 5.41) is 13.0. The highest BCUT2D eigenvalue weighted by Gasteiger charge is 2.45. The second-order valence-electron chi connectivity index (χ2n) is 8.22. The van der Waals surface area contributed by atoms with Gasteiger partial charge in [-0.05, 0) is 35.6 Å². The average molecular weight is 460 g/mol. The Morgan fingerprint density at radius 1 is 1.03 bits per heavy atom. The van der Waals surface area contributed by atoms with E-state index >= 15 is 0 Å². The first kappa shape index (κ1) is 24.2. The van der Waals surface area contributed by atoms with Crippen molar-refractivity contribution in [3.63, 3.8) is 0 Å². The Morgan fingerprint density at radius 2 is 1.58 bits per heavy atom. The number of carbonyl (C=O) groups is 3. The van der Waals surface area contributed by atoms with Crippen molar-refractivity contribution < 1.29 is 33.0 Å². The zero-order valence-electron chi connectivity index (χ0n) is 18.4. The fourth-order valence-corrected chi connectivity index (χ4v) is 3.98. The van der Waals surface area contributed by atoms with E-state index in [4.69, 9.17) is 4.74 Å². The summed E-state index contributed by atoms with van der Waals surface area (Å²) in [6.07, 6.45) is -0.754. The molecule has 0 aliphatic heterocycles. The number of rotatable bonds is 9. The molecule has 3 rings (SSSR count). The SMILES string of the molecule is CCCC(C)(NC(=O)C(F)(F)CNC(=O)OCC1c2ccccc2-c2ccccc21)C(=O)O. The predicted molar refractivity (Wildman–Crippen MR) is 117 cm³/mol. The summed E-state index contributed by atoms with van der Waals surface area (Å²) in [6, 6.07) is 15.4. The summed E-state index contributed by atoms with van der Waals surface area (Å²) < 4.78 is 33.7. The summed E-state index contributed by atoms with van der Waals surface area (Å²) >= 11 is 0. The number of benzene rings is 2. The van der Waals surface area contributed by atoms with E-state index in [-0.39, 0.29) is 18.9 Å². The van der Waals surface area contributed by atoms with Gasteiger partial charge in [0.2, 0.25) is 0 Å². The molecule has 0 fully saturated rings. The molecule has 7 nitrogen and oxygen atoms in total. The van der Waals surface area contributed by atoms with Crippen LogP contribution in [0.3, 0.4) is 0 Å². The zero-order valence-corrected chi connectivity index (χ0v) is 18.4. The number of amides is 2. The second kappa shape index (κ2) is 9.56. The predicted octanol–water partition coefficient (Wildman–Crippen LogP) is 3.92. The minimum Gasteiger partial charge on any atom is -0.480 e. The molecule has 176 valence electrons. The summed E-state index contributed by atoms with van der Waals surface area (Å²) in [5.74, 6) is -7.45. The van der Waals surface area contributed by atoms with E-state index in [0.717, 1.165) is 29.2 Å². The smallest absolute Gasteiger partial charge is 0.407 e. The van der Waals surface area contributed by atoms with Crippen molar-refractivity contribution in [2.24, 2.45) is 0 Å². The summed E-state index contributed by atoms with van der Waals surface area (Å²) in [6.45, 7) is 1.44. The van der Waals surface area contributed by atoms with Crippen LogP contribution < -0.4 is 10.6 Å². The van der Waals surface area contributed by atoms with E-state index in [1.165, 1.54) is 0 Å². The highest BCUT2D eigenvalue weighted by Crippen LogP contribution is 2.44. The van der Waals surface area contributed by atoms with Crippen LogP contribution in [0.25, 0.3) is 11.1 Å². The topological polar surface area (TPSA) is 105 Å². The number of alkyl halides is 2. The molecule has 0 heterocycles. The molecule has 1 aliphatic rings. The van der Waals surface area contributed by atoms with E-state index in [2.05, 4.69) is 0 Å². The lowest BCUT2D eigenvalue weighted by Gasteiger charge is -2.28. The fourth-order valence-electron chi connectivity index (χ4n) is 3.98. The highest BCUT2D eigenvalue weighted by atomic mass is 19.3. The number of carboxylic acids is 1. The van der Waals surface area contributed by atoms with E-state index in [1.54, 1.807) is 6.92 Å². The Bertz CT molecular complexity index is 1010. The fraction of sp³-hybridized carbons (Fsp3) is 0.375. The standard InChI is InChI=1S/C24H26F2N2O5/c1-3-12-23(2,21(30)31)28-20(29)24(25,26)14-27-22(32)33-13-19-17-10-6-4-8-15(17)16-9-5-7-11-18(16)19/h4-11,19H,3,12-14H2,1-2H3,(H,27,32)(H,28,29)(H,30,31). The normalized spacial score (nSPS) is 14.5. The Kier molecular flexibility index (Phi) is 7.00. The van der Waals surface area contributed by atoms with Gasteiger partial charge in [-0.3, -0.25) is 4.79 Å². The molecule has 1 atom stereocenters. The largest absolute Gasteiger partial charge is 0.480 e. The molecule has 2 amide bonds. The zero-order chi connectivity index (χ0) is 24.2. The van der Waals surface area contributed by atoms with Gasteiger partial charge in [0.25, 0.3) is 5.91 Å². The van der Waals surface area contributed by atoms with Gasteiger partial charge in [0.15, 0.2) is 0 Å². The quantitative estimate of drug-likeness (QED) is 0.526. The number of halogens is 2. The summed E-state index contributed by atoms with van der Waals surface area (Å²) in [5.41, 5.74) is 2.16. The second-order valence-corrected chi connectivity index (χ2v) is 8.22. The van der Waals surface area contributed by atoms with E-state index in [1.807, 2.05) is 59.2 Å². The van der Waals surface area contributed by atoms with Crippen molar-refractivity contribution in [2.75, 3.05) is 13.2 Å². The van der Waals surface area contributed by atoms with Crippen LogP contribution in [0, 0.1) is 0 Å². The van der Waals surface area contributed by atoms with Crippen molar-refractivity contribution in [1.82, 2.24) is 10.6 Å². The minimum atomic E-state index is -4.02. The first-order chi connectivity index (χ1) is 15.6. The maximum Gasteiger partial charge on any atom is 0.407 e. The molecule has 9 heteroatoms. The van der Waals surface area contributed by atoms with Crippen molar-refractivity contribution in [3.8, 4) is 11.1 Å². The maximum absolute atomic E-state index is 14.3. The number of alkyl carbamates (subject to hydrolysis) is 1. The molecule has 0 bridgehead atoms. The monoisotopic (exact) mass is 460 g/mol. The maximum atomic E-state index is 14.3. The molecule has 1 unspecified atom stereocenters. The average Bonchev–Trinajstić information content (AvgIpc) is 3.10. The number of nitrogens with one attached hydrogen (secondary N) is 2. The van der Waals surface area contributed by atoms with Gasteiger partial charge in [-0.2, -0.15) is 8.78 Å². The van der Waals surface area contributed by atoms with Gasteiger partial charge in [-0.25, -0.2) is 9.59 Å². The number of aliphatic carboxylic acids is 1. The molecule has 0 saturated heterocycles. The van der Waals surface area contributed by atoms with Gasteiger partial charge in [-0.15, -0.1) is 0 Å². The van der Waals surface area contributed by atoms with Gasteiger partial charge in [0.05, 0.1) is 6.54 Å². The molecular formula is C24H26F2N2O5. The van der Waals surface area contributed by atoms with Crippen LogP contribution in [0.5, 0.6) is 0 Å². The van der Waals surface area contributed by atoms with Gasteiger partial charge in [0.1, 0.15) is 12.1 Å². The first-order valence-corrected chi connectivity index (χ1v) is 10.6. The van der Waals surface area contributed by atoms with E-state index in [9.17, 15) is 28.3 Å². The minimum absolute atomic E-state index is 0.0238. The third-order valence-corrected chi connectivity index (χ3v) is 5.74. The first-order valence-electron chi connectivity index (χ1n) is 10.6. The number of carboxylic acid groups (broad SMARTS) is 1. The molecule has 2 aromatic carbocycles. The number of carbonyl (C=O) groups excluding carboxylic acids is 2. The highest BCUT2D eigenvalue weighted by molar-refractivity contribution is 5.90. The molecule has 0 aromatic heterocycles.